The van der Waals surface area contributed by atoms with Gasteiger partial charge in [0.15, 0.2) is 0 Å². The summed E-state index contributed by atoms with van der Waals surface area (Å²) in [4.78, 5) is 3.25. The first-order valence-corrected chi connectivity index (χ1v) is 14.0. The Kier molecular flexibility index (Phi) is 8.88. The third-order valence-electron chi connectivity index (χ3n) is 7.46. The lowest BCUT2D eigenvalue weighted by Gasteiger charge is -2.26. The van der Waals surface area contributed by atoms with Gasteiger partial charge >= 0.3 is 0 Å². The monoisotopic (exact) mass is 523 g/mol. The molecule has 1 heterocycles. The fourth-order valence-corrected chi connectivity index (χ4v) is 5.53. The van der Waals surface area contributed by atoms with E-state index in [1.807, 2.05) is 18.2 Å². The summed E-state index contributed by atoms with van der Waals surface area (Å²) in [6.07, 6.45) is 12.6. The predicted molar refractivity (Wildman–Crippen MR) is 169 cm³/mol. The largest absolute Gasteiger partial charge is 0.484 e. The van der Waals surface area contributed by atoms with Crippen LogP contribution in [0.5, 0.6) is 5.75 Å². The predicted octanol–water partition coefficient (Wildman–Crippen LogP) is 9.32. The molecule has 0 bridgehead atoms. The number of allylic oxidation sites excluding steroid dienone is 3. The molecule has 3 aliphatic rings. The molecule has 0 spiro atoms. The Morgan fingerprint density at radius 3 is 2.23 bits per heavy atom. The normalized spacial score (nSPS) is 17.6. The van der Waals surface area contributed by atoms with Crippen LogP contribution in [-0.2, 0) is 6.42 Å². The fraction of sp³-hybridized carbons (Fsp3) is 0.184. The number of rotatable bonds is 3. The Balaban J connectivity index is 0.000000276. The molecule has 2 unspecified atom stereocenters. The van der Waals surface area contributed by atoms with Crippen LogP contribution >= 0.6 is 0 Å². The standard InChI is InChI=1S/C29H24O.C7H8.C2H5N/c1-2-7-20(8-3-1)17-21-9-6-11-23(18-21)24-14-15-26-27-16-13-22-10-4-5-12-25(22)29(27)30-28(26)19-24;1-7-5-3-2-4-6-7;1-3-2/h1-3,5-9,11-16,18-19,27,29H,4,10,17H2;2-6H,1H3;1H2,2H3. The summed E-state index contributed by atoms with van der Waals surface area (Å²) in [5, 5.41) is 0. The first kappa shape index (κ1) is 27.1. The minimum Gasteiger partial charge on any atom is -0.484 e. The lowest BCUT2D eigenvalue weighted by molar-refractivity contribution is 0.257. The van der Waals surface area contributed by atoms with Gasteiger partial charge in [0, 0.05) is 18.5 Å². The van der Waals surface area contributed by atoms with E-state index in [9.17, 15) is 0 Å². The van der Waals surface area contributed by atoms with Crippen LogP contribution in [0.4, 0.5) is 0 Å². The van der Waals surface area contributed by atoms with Crippen molar-refractivity contribution in [1.29, 1.82) is 0 Å². The van der Waals surface area contributed by atoms with E-state index in [1.54, 1.807) is 7.05 Å². The second kappa shape index (κ2) is 13.1. The molecule has 0 fully saturated rings. The molecule has 0 aromatic heterocycles. The Bertz CT molecular complexity index is 1530. The summed E-state index contributed by atoms with van der Waals surface area (Å²) < 4.78 is 6.51. The smallest absolute Gasteiger partial charge is 0.134 e. The zero-order chi connectivity index (χ0) is 27.7. The van der Waals surface area contributed by atoms with Gasteiger partial charge in [-0.1, -0.05) is 127 Å². The van der Waals surface area contributed by atoms with Crippen LogP contribution in [0.1, 0.15) is 41.0 Å². The zero-order valence-corrected chi connectivity index (χ0v) is 23.5. The van der Waals surface area contributed by atoms with Gasteiger partial charge in [-0.3, -0.25) is 0 Å². The lowest BCUT2D eigenvalue weighted by atomic mass is 9.81. The van der Waals surface area contributed by atoms with Crippen LogP contribution in [0.15, 0.2) is 144 Å². The second-order valence-corrected chi connectivity index (χ2v) is 10.4. The fourth-order valence-electron chi connectivity index (χ4n) is 5.53. The van der Waals surface area contributed by atoms with Crippen molar-refractivity contribution in [3.05, 3.63) is 161 Å². The van der Waals surface area contributed by atoms with Crippen molar-refractivity contribution in [2.45, 2.75) is 38.2 Å². The van der Waals surface area contributed by atoms with Gasteiger partial charge in [0.05, 0.1) is 0 Å². The molecule has 2 atom stereocenters. The number of nitrogens with zero attached hydrogens (tertiary/aromatic N) is 1. The molecule has 2 nitrogen and oxygen atoms in total. The van der Waals surface area contributed by atoms with E-state index in [-0.39, 0.29) is 6.10 Å². The number of aryl methyl sites for hydroxylation is 1. The molecule has 200 valence electrons. The highest BCUT2D eigenvalue weighted by molar-refractivity contribution is 5.69. The molecule has 2 heteroatoms. The highest BCUT2D eigenvalue weighted by Crippen LogP contribution is 2.47. The van der Waals surface area contributed by atoms with E-state index >= 15 is 0 Å². The Hall–Kier alpha value is -4.43. The van der Waals surface area contributed by atoms with Gasteiger partial charge in [0.2, 0.25) is 0 Å². The molecular formula is C38H37NO. The average molecular weight is 524 g/mol. The van der Waals surface area contributed by atoms with E-state index in [2.05, 4.69) is 128 Å². The highest BCUT2D eigenvalue weighted by Gasteiger charge is 2.37. The van der Waals surface area contributed by atoms with E-state index < -0.39 is 0 Å². The van der Waals surface area contributed by atoms with E-state index in [1.165, 1.54) is 44.5 Å². The summed E-state index contributed by atoms with van der Waals surface area (Å²) in [5.74, 6) is 1.37. The first-order chi connectivity index (χ1) is 19.7. The van der Waals surface area contributed by atoms with Crippen LogP contribution in [0.3, 0.4) is 0 Å². The first-order valence-electron chi connectivity index (χ1n) is 14.0. The summed E-state index contributed by atoms with van der Waals surface area (Å²) in [6, 6.07) is 36.5. The topological polar surface area (TPSA) is 21.6 Å². The Morgan fingerprint density at radius 1 is 0.800 bits per heavy atom. The second-order valence-electron chi connectivity index (χ2n) is 10.4. The van der Waals surface area contributed by atoms with Crippen molar-refractivity contribution < 1.29 is 4.74 Å². The van der Waals surface area contributed by atoms with Crippen molar-refractivity contribution in [1.82, 2.24) is 0 Å². The van der Waals surface area contributed by atoms with Crippen molar-refractivity contribution in [3.63, 3.8) is 0 Å². The molecule has 4 aromatic rings. The van der Waals surface area contributed by atoms with E-state index in [4.69, 9.17) is 4.74 Å². The number of fused-ring (bicyclic) bond motifs is 4. The molecule has 7 rings (SSSR count). The Labute approximate surface area is 239 Å². The number of hydrogen-bond donors (Lipinski definition) is 0. The highest BCUT2D eigenvalue weighted by atomic mass is 16.5. The quantitative estimate of drug-likeness (QED) is 0.245. The van der Waals surface area contributed by atoms with Gasteiger partial charge < -0.3 is 9.73 Å². The van der Waals surface area contributed by atoms with Crippen molar-refractivity contribution >= 4 is 6.72 Å². The van der Waals surface area contributed by atoms with Crippen LogP contribution in [0.25, 0.3) is 11.1 Å². The molecular weight excluding hydrogens is 486 g/mol. The molecule has 0 N–H and O–H groups in total. The summed E-state index contributed by atoms with van der Waals surface area (Å²) in [7, 11) is 1.64. The molecule has 0 amide bonds. The van der Waals surface area contributed by atoms with Gasteiger partial charge in [-0.05, 0) is 72.4 Å². The maximum absolute atomic E-state index is 6.51. The number of ether oxygens (including phenoxy) is 1. The minimum atomic E-state index is 0.135. The minimum absolute atomic E-state index is 0.135. The molecule has 4 aromatic carbocycles. The molecule has 2 aliphatic carbocycles. The van der Waals surface area contributed by atoms with E-state index in [0.29, 0.717) is 5.92 Å². The maximum atomic E-state index is 6.51. The van der Waals surface area contributed by atoms with Gasteiger partial charge in [-0.15, -0.1) is 0 Å². The third-order valence-corrected chi connectivity index (χ3v) is 7.46. The van der Waals surface area contributed by atoms with Crippen molar-refractivity contribution in [2.75, 3.05) is 7.05 Å². The number of aliphatic imine (C=N–C) groups is 1. The lowest BCUT2D eigenvalue weighted by Crippen LogP contribution is -2.24. The molecule has 1 aliphatic heterocycles. The van der Waals surface area contributed by atoms with Gasteiger partial charge in [0.25, 0.3) is 0 Å². The van der Waals surface area contributed by atoms with Crippen LogP contribution < -0.4 is 4.74 Å². The third kappa shape index (κ3) is 6.40. The van der Waals surface area contributed by atoms with Gasteiger partial charge in [-0.2, -0.15) is 0 Å². The van der Waals surface area contributed by atoms with Gasteiger partial charge in [-0.25, -0.2) is 0 Å². The summed E-state index contributed by atoms with van der Waals surface area (Å²) in [6.45, 7) is 5.19. The molecule has 0 saturated carbocycles. The number of hydrogen-bond acceptors (Lipinski definition) is 2. The Morgan fingerprint density at radius 2 is 1.50 bits per heavy atom. The molecule has 40 heavy (non-hydrogen) atoms. The van der Waals surface area contributed by atoms with Crippen LogP contribution in [0.2, 0.25) is 0 Å². The van der Waals surface area contributed by atoms with Crippen LogP contribution in [0, 0.1) is 6.92 Å². The van der Waals surface area contributed by atoms with Gasteiger partial charge in [0.1, 0.15) is 11.9 Å². The molecule has 0 saturated heterocycles. The van der Waals surface area contributed by atoms with Crippen molar-refractivity contribution in [2.24, 2.45) is 4.99 Å². The maximum Gasteiger partial charge on any atom is 0.134 e. The van der Waals surface area contributed by atoms with Crippen molar-refractivity contribution in [3.8, 4) is 16.9 Å². The van der Waals surface area contributed by atoms with E-state index in [0.717, 1.165) is 25.0 Å². The zero-order valence-electron chi connectivity index (χ0n) is 23.5. The number of benzene rings is 4. The average Bonchev–Trinajstić information content (AvgIpc) is 3.38. The van der Waals surface area contributed by atoms with Crippen LogP contribution in [-0.4, -0.2) is 19.9 Å². The SMILES string of the molecule is C1=CC2=C(C=CC3c4ccc(-c5cccc(Cc6ccccc6)c5)cc4OC23)CC1.C=NC.Cc1ccccc1. The molecule has 0 radical (unpaired) electrons. The summed E-state index contributed by atoms with van der Waals surface area (Å²) in [5.41, 5.74) is 10.6. The summed E-state index contributed by atoms with van der Waals surface area (Å²) >= 11 is 0.